The summed E-state index contributed by atoms with van der Waals surface area (Å²) in [5, 5.41) is 0.239. The van der Waals surface area contributed by atoms with Crippen LogP contribution in [0.1, 0.15) is 37.7 Å². The van der Waals surface area contributed by atoms with E-state index in [0.717, 1.165) is 5.56 Å². The first-order valence-corrected chi connectivity index (χ1v) is 9.48. The first kappa shape index (κ1) is 13.1. The minimum Gasteiger partial charge on any atom is -0.205 e. The second kappa shape index (κ2) is 6.01. The van der Waals surface area contributed by atoms with Gasteiger partial charge < -0.3 is 0 Å². The largest absolute Gasteiger partial charge is 0.205 e. The summed E-state index contributed by atoms with van der Waals surface area (Å²) in [7, 11) is -0.430. The van der Waals surface area contributed by atoms with Gasteiger partial charge in [-0.15, -0.1) is 0 Å². The topological polar surface area (TPSA) is 0 Å². The van der Waals surface area contributed by atoms with Gasteiger partial charge in [0.25, 0.3) is 0 Å². The zero-order valence-corrected chi connectivity index (χ0v) is 12.3. The molecule has 1 aliphatic rings. The van der Waals surface area contributed by atoms with Gasteiger partial charge in [-0.25, -0.2) is 4.39 Å². The lowest BCUT2D eigenvalue weighted by Gasteiger charge is -2.27. The van der Waals surface area contributed by atoms with Crippen LogP contribution >= 0.6 is 11.6 Å². The fraction of sp³-hybridized carbons (Fsp3) is 0.571. The van der Waals surface area contributed by atoms with E-state index in [-0.39, 0.29) is 10.8 Å². The SMILES string of the molecule is CCC[Si@H]1CC[C@H](c2ccc(Cl)c(F)c2)CC1. The number of hydrogen-bond donors (Lipinski definition) is 0. The van der Waals surface area contributed by atoms with Crippen LogP contribution in [0.3, 0.4) is 0 Å². The molecular formula is C14H20ClFSi. The lowest BCUT2D eigenvalue weighted by Crippen LogP contribution is -2.20. The van der Waals surface area contributed by atoms with Gasteiger partial charge in [-0.05, 0) is 36.5 Å². The molecule has 1 saturated heterocycles. The van der Waals surface area contributed by atoms with Crippen molar-refractivity contribution < 1.29 is 4.39 Å². The maximum Gasteiger partial charge on any atom is 0.142 e. The fourth-order valence-electron chi connectivity index (χ4n) is 2.96. The number of benzene rings is 1. The molecule has 3 heteroatoms. The molecule has 1 aromatic rings. The van der Waals surface area contributed by atoms with Crippen LogP contribution in [0, 0.1) is 5.82 Å². The molecule has 0 atom stereocenters. The lowest BCUT2D eigenvalue weighted by molar-refractivity contribution is 0.588. The predicted molar refractivity (Wildman–Crippen MR) is 75.2 cm³/mol. The van der Waals surface area contributed by atoms with E-state index in [2.05, 4.69) is 6.92 Å². The first-order valence-electron chi connectivity index (χ1n) is 6.65. The van der Waals surface area contributed by atoms with Crippen molar-refractivity contribution >= 4 is 20.4 Å². The van der Waals surface area contributed by atoms with Crippen LogP contribution in [-0.4, -0.2) is 8.80 Å². The van der Waals surface area contributed by atoms with E-state index >= 15 is 0 Å². The molecule has 0 spiro atoms. The minimum atomic E-state index is -0.430. The van der Waals surface area contributed by atoms with Crippen LogP contribution in [0.5, 0.6) is 0 Å². The summed E-state index contributed by atoms with van der Waals surface area (Å²) in [5.41, 5.74) is 1.15. The molecule has 17 heavy (non-hydrogen) atoms. The Morgan fingerprint density at radius 2 is 2.06 bits per heavy atom. The Morgan fingerprint density at radius 3 is 2.65 bits per heavy atom. The normalized spacial score (nSPS) is 24.9. The third-order valence-electron chi connectivity index (χ3n) is 3.96. The van der Waals surface area contributed by atoms with E-state index < -0.39 is 8.80 Å². The highest BCUT2D eigenvalue weighted by Gasteiger charge is 2.23. The second-order valence-electron chi connectivity index (χ2n) is 5.18. The predicted octanol–water partition coefficient (Wildman–Crippen LogP) is 4.99. The summed E-state index contributed by atoms with van der Waals surface area (Å²) in [5.74, 6) is 0.305. The highest BCUT2D eigenvalue weighted by molar-refractivity contribution is 6.59. The van der Waals surface area contributed by atoms with Crippen molar-refractivity contribution in [2.45, 2.75) is 50.2 Å². The molecule has 2 rings (SSSR count). The molecule has 94 valence electrons. The Kier molecular flexibility index (Phi) is 4.63. The minimum absolute atomic E-state index is 0.239. The smallest absolute Gasteiger partial charge is 0.142 e. The van der Waals surface area contributed by atoms with Gasteiger partial charge >= 0.3 is 0 Å². The zero-order valence-electron chi connectivity index (χ0n) is 10.4. The van der Waals surface area contributed by atoms with Crippen molar-refractivity contribution in [3.8, 4) is 0 Å². The van der Waals surface area contributed by atoms with Gasteiger partial charge in [0.05, 0.1) is 5.02 Å². The Bertz CT molecular complexity index is 372. The zero-order chi connectivity index (χ0) is 12.3. The van der Waals surface area contributed by atoms with Crippen molar-refractivity contribution in [1.82, 2.24) is 0 Å². The van der Waals surface area contributed by atoms with Crippen molar-refractivity contribution in [3.63, 3.8) is 0 Å². The Labute approximate surface area is 110 Å². The first-order chi connectivity index (χ1) is 8.20. The van der Waals surface area contributed by atoms with Crippen LogP contribution in [0.15, 0.2) is 18.2 Å². The third kappa shape index (κ3) is 3.32. The summed E-state index contributed by atoms with van der Waals surface area (Å²) in [6.07, 6.45) is 3.87. The van der Waals surface area contributed by atoms with Gasteiger partial charge in [-0.1, -0.05) is 49.1 Å². The van der Waals surface area contributed by atoms with Crippen LogP contribution in [-0.2, 0) is 0 Å². The van der Waals surface area contributed by atoms with Crippen LogP contribution in [0.4, 0.5) is 4.39 Å². The fourth-order valence-corrected chi connectivity index (χ4v) is 6.51. The summed E-state index contributed by atoms with van der Waals surface area (Å²) < 4.78 is 13.4. The van der Waals surface area contributed by atoms with Crippen molar-refractivity contribution in [2.24, 2.45) is 0 Å². The highest BCUT2D eigenvalue weighted by Crippen LogP contribution is 2.35. The van der Waals surface area contributed by atoms with E-state index in [4.69, 9.17) is 11.6 Å². The molecule has 0 saturated carbocycles. The van der Waals surface area contributed by atoms with Crippen molar-refractivity contribution in [1.29, 1.82) is 0 Å². The number of halogens is 2. The molecule has 1 heterocycles. The Morgan fingerprint density at radius 1 is 1.35 bits per heavy atom. The maximum atomic E-state index is 13.4. The van der Waals surface area contributed by atoms with Crippen LogP contribution in [0.2, 0.25) is 23.2 Å². The third-order valence-corrected chi connectivity index (χ3v) is 7.96. The van der Waals surface area contributed by atoms with Gasteiger partial charge in [0.15, 0.2) is 0 Å². The van der Waals surface area contributed by atoms with Crippen LogP contribution < -0.4 is 0 Å². The molecule has 0 unspecified atom stereocenters. The molecule has 0 N–H and O–H groups in total. The molecule has 0 nitrogen and oxygen atoms in total. The standard InChI is InChI=1S/C14H20ClFSi/c1-2-7-17-8-5-11(6-9-17)12-3-4-13(15)14(16)10-12/h3-4,10-11,17H,2,5-9H2,1H3/t11-,17-. The Balaban J connectivity index is 1.98. The van der Waals surface area contributed by atoms with Gasteiger partial charge in [0.1, 0.15) is 5.82 Å². The van der Waals surface area contributed by atoms with Gasteiger partial charge in [0.2, 0.25) is 0 Å². The highest BCUT2D eigenvalue weighted by atomic mass is 35.5. The summed E-state index contributed by atoms with van der Waals surface area (Å²) in [4.78, 5) is 0. The average molecular weight is 271 g/mol. The molecule has 1 fully saturated rings. The molecule has 0 aliphatic carbocycles. The maximum absolute atomic E-state index is 13.4. The summed E-state index contributed by atoms with van der Waals surface area (Å²) in [6, 6.07) is 9.68. The lowest BCUT2D eigenvalue weighted by atomic mass is 9.93. The van der Waals surface area contributed by atoms with Crippen LogP contribution in [0.25, 0.3) is 0 Å². The van der Waals surface area contributed by atoms with Gasteiger partial charge in [-0.3, -0.25) is 0 Å². The summed E-state index contributed by atoms with van der Waals surface area (Å²) >= 11 is 5.72. The second-order valence-corrected chi connectivity index (χ2v) is 9.05. The summed E-state index contributed by atoms with van der Waals surface area (Å²) in [6.45, 7) is 2.29. The Hall–Kier alpha value is -0.343. The molecule has 0 radical (unpaired) electrons. The van der Waals surface area contributed by atoms with E-state index in [1.54, 1.807) is 12.1 Å². The monoisotopic (exact) mass is 270 g/mol. The average Bonchev–Trinajstić information content (AvgIpc) is 2.34. The molecule has 1 aliphatic heterocycles. The van der Waals surface area contributed by atoms with Gasteiger partial charge in [-0.2, -0.15) is 0 Å². The van der Waals surface area contributed by atoms with E-state index in [1.807, 2.05) is 6.07 Å². The molecular weight excluding hydrogens is 251 g/mol. The van der Waals surface area contributed by atoms with E-state index in [0.29, 0.717) is 5.92 Å². The van der Waals surface area contributed by atoms with Gasteiger partial charge in [0, 0.05) is 8.80 Å². The molecule has 0 amide bonds. The molecule has 1 aromatic carbocycles. The van der Waals surface area contributed by atoms with E-state index in [9.17, 15) is 4.39 Å². The van der Waals surface area contributed by atoms with E-state index in [1.165, 1.54) is 37.4 Å². The number of rotatable bonds is 3. The molecule has 0 bridgehead atoms. The number of hydrogen-bond acceptors (Lipinski definition) is 0. The quantitative estimate of drug-likeness (QED) is 0.679. The van der Waals surface area contributed by atoms with Crippen molar-refractivity contribution in [3.05, 3.63) is 34.6 Å². The molecule has 0 aromatic heterocycles. The van der Waals surface area contributed by atoms with Crippen molar-refractivity contribution in [2.75, 3.05) is 0 Å².